The van der Waals surface area contributed by atoms with Crippen LogP contribution in [0.15, 0.2) is 0 Å². The zero-order chi connectivity index (χ0) is 35.6. The summed E-state index contributed by atoms with van der Waals surface area (Å²) in [7, 11) is 0. The van der Waals surface area contributed by atoms with Crippen molar-refractivity contribution >= 4 is 23.9 Å². The number of ether oxygens (including phenoxy) is 3. The fourth-order valence-electron chi connectivity index (χ4n) is 6.69. The Hall–Kier alpha value is -1.92. The van der Waals surface area contributed by atoms with Crippen molar-refractivity contribution in [1.82, 2.24) is 0 Å². The Labute approximate surface area is 311 Å². The van der Waals surface area contributed by atoms with Gasteiger partial charge in [0.05, 0.1) is 23.7 Å². The lowest BCUT2D eigenvalue weighted by atomic mass is 9.75. The lowest BCUT2D eigenvalue weighted by Gasteiger charge is -2.38. The number of rotatable bonds is 6. The summed E-state index contributed by atoms with van der Waals surface area (Å²) in [4.78, 5) is 44.1. The highest BCUT2D eigenvalue weighted by Gasteiger charge is 2.42. The van der Waals surface area contributed by atoms with Crippen molar-refractivity contribution < 1.29 is 33.4 Å². The van der Waals surface area contributed by atoms with Crippen LogP contribution >= 0.6 is 0 Å². The van der Waals surface area contributed by atoms with Gasteiger partial charge in [-0.3, -0.25) is 19.2 Å². The van der Waals surface area contributed by atoms with E-state index < -0.39 is 11.9 Å². The maximum Gasteiger partial charge on any atom is 0.317 e. The van der Waals surface area contributed by atoms with Gasteiger partial charge in [-0.15, -0.1) is 0 Å². The first-order valence-electron chi connectivity index (χ1n) is 18.4. The van der Waals surface area contributed by atoms with Crippen molar-refractivity contribution in [3.05, 3.63) is 0 Å². The topological polar surface area (TPSA) is 96.0 Å². The summed E-state index contributed by atoms with van der Waals surface area (Å²) >= 11 is 0. The van der Waals surface area contributed by atoms with Gasteiger partial charge in [0.2, 0.25) is 0 Å². The van der Waals surface area contributed by atoms with Crippen LogP contribution in [0.25, 0.3) is 0 Å². The lowest BCUT2D eigenvalue weighted by Crippen LogP contribution is -2.39. The van der Waals surface area contributed by atoms with Gasteiger partial charge in [0.1, 0.15) is 11.2 Å². The maximum absolute atomic E-state index is 11.9. The number of carbonyl (C=O) groups excluding carboxylic acids is 4. The average Bonchev–Trinajstić information content (AvgIpc) is 3.64. The van der Waals surface area contributed by atoms with E-state index in [1.807, 2.05) is 48.5 Å². The molecule has 2 bridgehead atoms. The second-order valence-corrected chi connectivity index (χ2v) is 16.5. The van der Waals surface area contributed by atoms with E-state index >= 15 is 0 Å². The molecule has 0 amide bonds. The van der Waals surface area contributed by atoms with Gasteiger partial charge in [-0.25, -0.2) is 0 Å². The smallest absolute Gasteiger partial charge is 0.317 e. The van der Waals surface area contributed by atoms with Crippen molar-refractivity contribution in [2.45, 2.75) is 196 Å². The number of hydrogen-bond donors (Lipinski definition) is 0. The fourth-order valence-corrected chi connectivity index (χ4v) is 6.69. The van der Waals surface area contributed by atoms with Crippen molar-refractivity contribution in [2.24, 2.45) is 59.2 Å². The molecule has 0 spiro atoms. The molecule has 0 aromatic heterocycles. The molecule has 300 valence electrons. The van der Waals surface area contributed by atoms with Gasteiger partial charge >= 0.3 is 23.9 Å². The first kappa shape index (κ1) is 54.8. The van der Waals surface area contributed by atoms with Crippen LogP contribution in [0.5, 0.6) is 0 Å². The predicted octanol–water partition coefficient (Wildman–Crippen LogP) is 12.1. The van der Waals surface area contributed by atoms with E-state index in [1.165, 1.54) is 38.5 Å². The number of hydrogen-bond acceptors (Lipinski definition) is 7. The molecule has 50 heavy (non-hydrogen) atoms. The van der Waals surface area contributed by atoms with Gasteiger partial charge in [0.25, 0.3) is 0 Å². The average molecular weight is 715 g/mol. The molecule has 0 N–H and O–H groups in total. The minimum atomic E-state index is -0.396. The summed E-state index contributed by atoms with van der Waals surface area (Å²) in [6, 6.07) is 0. The minimum Gasteiger partial charge on any atom is -0.460 e. The summed E-state index contributed by atoms with van der Waals surface area (Å²) in [6.07, 6.45) is 11.3. The monoisotopic (exact) mass is 715 g/mol. The molecular weight excluding hydrogens is 628 g/mol. The van der Waals surface area contributed by atoms with Crippen LogP contribution in [0.1, 0.15) is 184 Å². The van der Waals surface area contributed by atoms with Crippen molar-refractivity contribution in [3.63, 3.8) is 0 Å². The SMILES string of the molecule is C.C.C.C.CC1C(=O)OC(=O)C1C.CC1C2CCC(C2)C1C.CCC(C)C(=O)OC(C)(C)C.CCC(C)C(=O)OC(C)(C)C1CCC(C)CC1. The number of esters is 4. The minimum absolute atomic E-state index is 0. The fraction of sp³-hybridized carbons (Fsp3) is 0.907. The zero-order valence-corrected chi connectivity index (χ0v) is 32.0. The third-order valence-electron chi connectivity index (χ3n) is 11.3. The van der Waals surface area contributed by atoms with E-state index in [4.69, 9.17) is 9.47 Å². The first-order chi connectivity index (χ1) is 21.1. The molecular formula is C43H86O7. The Kier molecular flexibility index (Phi) is 26.7. The second kappa shape index (κ2) is 24.3. The molecule has 4 rings (SSSR count). The van der Waals surface area contributed by atoms with E-state index in [9.17, 15) is 19.2 Å². The van der Waals surface area contributed by atoms with Crippen LogP contribution in [0, 0.1) is 59.2 Å². The molecule has 3 saturated carbocycles. The molecule has 7 nitrogen and oxygen atoms in total. The summed E-state index contributed by atoms with van der Waals surface area (Å²) in [5.74, 6) is 4.32. The van der Waals surface area contributed by atoms with Gasteiger partial charge in [-0.2, -0.15) is 0 Å². The molecule has 1 heterocycles. The third-order valence-corrected chi connectivity index (χ3v) is 11.3. The summed E-state index contributed by atoms with van der Waals surface area (Å²) in [5, 5.41) is 0. The van der Waals surface area contributed by atoms with E-state index in [2.05, 4.69) is 39.4 Å². The lowest BCUT2D eigenvalue weighted by molar-refractivity contribution is -0.168. The van der Waals surface area contributed by atoms with Crippen LogP contribution in [-0.2, 0) is 33.4 Å². The summed E-state index contributed by atoms with van der Waals surface area (Å²) < 4.78 is 15.2. The molecule has 8 atom stereocenters. The molecule has 1 saturated heterocycles. The Morgan fingerprint density at radius 3 is 1.28 bits per heavy atom. The molecule has 4 fully saturated rings. The van der Waals surface area contributed by atoms with Crippen LogP contribution in [-0.4, -0.2) is 35.1 Å². The van der Waals surface area contributed by atoms with Gasteiger partial charge in [-0.05, 0) is 115 Å². The number of carbonyl (C=O) groups is 4. The molecule has 4 aliphatic rings. The summed E-state index contributed by atoms with van der Waals surface area (Å²) in [6.45, 7) is 28.2. The Morgan fingerprint density at radius 1 is 0.660 bits per heavy atom. The largest absolute Gasteiger partial charge is 0.460 e. The zero-order valence-electron chi connectivity index (χ0n) is 32.0. The van der Waals surface area contributed by atoms with Crippen molar-refractivity contribution in [3.8, 4) is 0 Å². The normalized spacial score (nSPS) is 29.0. The van der Waals surface area contributed by atoms with E-state index in [-0.39, 0.29) is 76.5 Å². The molecule has 0 radical (unpaired) electrons. The van der Waals surface area contributed by atoms with Gasteiger partial charge in [-0.1, -0.05) is 105 Å². The highest BCUT2D eigenvalue weighted by Crippen LogP contribution is 2.51. The molecule has 8 unspecified atom stereocenters. The van der Waals surface area contributed by atoms with Crippen molar-refractivity contribution in [2.75, 3.05) is 0 Å². The van der Waals surface area contributed by atoms with Crippen LogP contribution in [0.4, 0.5) is 0 Å². The standard InChI is InChI=1S/C15H28O2.C9H18O2.C9H16.C6H8O3.4CH4/c1-6-12(3)14(16)17-15(4,5)13-9-7-11(2)8-10-13;1-6-7(2)8(10)11-9(3,4)5;1-6-7(2)9-4-3-8(6)5-9;1-3-4(2)6(8)9-5(3)7;;;;/h11-13H,6-10H2,1-5H3;7H,6H2,1-5H3;6-9H,3-5H2,1-2H3;3-4H,1-2H3;4*1H4. The number of fused-ring (bicyclic) bond motifs is 2. The third kappa shape index (κ3) is 17.5. The Balaban J connectivity index is -0.000000284. The molecule has 7 heteroatoms. The van der Waals surface area contributed by atoms with Crippen LogP contribution < -0.4 is 0 Å². The second-order valence-electron chi connectivity index (χ2n) is 16.5. The van der Waals surface area contributed by atoms with E-state index in [1.54, 1.807) is 20.3 Å². The van der Waals surface area contributed by atoms with Gasteiger partial charge in [0, 0.05) is 0 Å². The predicted molar refractivity (Wildman–Crippen MR) is 212 cm³/mol. The Bertz CT molecular complexity index is 936. The van der Waals surface area contributed by atoms with Gasteiger partial charge in [0.15, 0.2) is 0 Å². The molecule has 3 aliphatic carbocycles. The summed E-state index contributed by atoms with van der Waals surface area (Å²) in [5.41, 5.74) is -0.638. The highest BCUT2D eigenvalue weighted by atomic mass is 16.6. The maximum atomic E-state index is 11.9. The van der Waals surface area contributed by atoms with Crippen LogP contribution in [0.2, 0.25) is 0 Å². The van der Waals surface area contributed by atoms with Crippen LogP contribution in [0.3, 0.4) is 0 Å². The van der Waals surface area contributed by atoms with Crippen molar-refractivity contribution in [1.29, 1.82) is 0 Å². The van der Waals surface area contributed by atoms with E-state index in [0.29, 0.717) is 5.92 Å². The van der Waals surface area contributed by atoms with Gasteiger partial charge < -0.3 is 14.2 Å². The molecule has 0 aromatic carbocycles. The quantitative estimate of drug-likeness (QED) is 0.153. The molecule has 1 aliphatic heterocycles. The first-order valence-corrected chi connectivity index (χ1v) is 18.4. The van der Waals surface area contributed by atoms with E-state index in [0.717, 1.165) is 42.4 Å². The molecule has 0 aromatic rings. The number of cyclic esters (lactones) is 2. The highest BCUT2D eigenvalue weighted by molar-refractivity contribution is 5.95. The Morgan fingerprint density at radius 2 is 1.02 bits per heavy atom.